The van der Waals surface area contributed by atoms with Gasteiger partial charge in [-0.2, -0.15) is 0 Å². The van der Waals surface area contributed by atoms with Crippen molar-refractivity contribution in [1.29, 1.82) is 0 Å². The van der Waals surface area contributed by atoms with Crippen molar-refractivity contribution in [3.63, 3.8) is 0 Å². The number of hydrogen-bond acceptors (Lipinski definition) is 7. The molecule has 1 aromatic rings. The second-order valence-corrected chi connectivity index (χ2v) is 5.34. The Morgan fingerprint density at radius 2 is 1.60 bits per heavy atom. The van der Waals surface area contributed by atoms with Crippen LogP contribution in [0.2, 0.25) is 0 Å². The third kappa shape index (κ3) is 3.92. The minimum Gasteiger partial charge on any atom is -0.506 e. The van der Waals surface area contributed by atoms with Crippen molar-refractivity contribution in [1.82, 2.24) is 0 Å². The molecule has 8 nitrogen and oxygen atoms in total. The van der Waals surface area contributed by atoms with E-state index in [0.29, 0.717) is 11.4 Å². The molecule has 0 fully saturated rings. The van der Waals surface area contributed by atoms with Gasteiger partial charge >= 0.3 is 11.9 Å². The van der Waals surface area contributed by atoms with Crippen LogP contribution >= 0.6 is 0 Å². The molecular formula is C17H16N2O6. The Labute approximate surface area is 143 Å². The fraction of sp³-hybridized carbons (Fsp3) is 0.176. The van der Waals surface area contributed by atoms with E-state index in [2.05, 4.69) is 15.4 Å². The van der Waals surface area contributed by atoms with Crippen molar-refractivity contribution in [2.45, 2.75) is 20.8 Å². The van der Waals surface area contributed by atoms with E-state index in [1.165, 1.54) is 13.8 Å². The van der Waals surface area contributed by atoms with Crippen LogP contribution in [0.25, 0.3) is 0 Å². The molecule has 1 aromatic carbocycles. The number of esters is 2. The number of allylic oxidation sites excluding steroid dienone is 1. The summed E-state index contributed by atoms with van der Waals surface area (Å²) in [5.41, 5.74) is 0.324. The Morgan fingerprint density at radius 1 is 1.00 bits per heavy atom. The van der Waals surface area contributed by atoms with E-state index in [9.17, 15) is 24.3 Å². The summed E-state index contributed by atoms with van der Waals surface area (Å²) in [4.78, 5) is 46.1. The maximum absolute atomic E-state index is 11.9. The number of hydrogen-bond donors (Lipinski definition) is 3. The molecule has 1 amide bonds. The highest BCUT2D eigenvalue weighted by atomic mass is 16.6. The summed E-state index contributed by atoms with van der Waals surface area (Å²) in [7, 11) is 0. The molecule has 0 radical (unpaired) electrons. The first-order valence-corrected chi connectivity index (χ1v) is 7.27. The molecule has 1 heterocycles. The lowest BCUT2D eigenvalue weighted by atomic mass is 10.0. The maximum Gasteiger partial charge on any atom is 0.353 e. The van der Waals surface area contributed by atoms with Crippen molar-refractivity contribution in [3.8, 4) is 0 Å². The topological polar surface area (TPSA) is 122 Å². The van der Waals surface area contributed by atoms with Gasteiger partial charge in [0.2, 0.25) is 5.91 Å². The zero-order valence-corrected chi connectivity index (χ0v) is 13.8. The van der Waals surface area contributed by atoms with Gasteiger partial charge in [-0.25, -0.2) is 9.59 Å². The highest BCUT2D eigenvalue weighted by molar-refractivity contribution is 6.23. The van der Waals surface area contributed by atoms with Crippen LogP contribution in [-0.4, -0.2) is 28.7 Å². The van der Waals surface area contributed by atoms with E-state index >= 15 is 0 Å². The molecule has 0 aromatic heterocycles. The lowest BCUT2D eigenvalue weighted by Gasteiger charge is -2.18. The van der Waals surface area contributed by atoms with Crippen molar-refractivity contribution in [3.05, 3.63) is 46.9 Å². The molecule has 1 aliphatic rings. The summed E-state index contributed by atoms with van der Waals surface area (Å²) in [5, 5.41) is 15.6. The highest BCUT2D eigenvalue weighted by Crippen LogP contribution is 2.26. The number of aliphatic hydroxyl groups is 1. The molecule has 130 valence electrons. The number of ether oxygens (including phenoxy) is 1. The van der Waals surface area contributed by atoms with Gasteiger partial charge in [-0.3, -0.25) is 9.59 Å². The van der Waals surface area contributed by atoms with Gasteiger partial charge in [0.05, 0.1) is 0 Å². The smallest absolute Gasteiger partial charge is 0.353 e. The van der Waals surface area contributed by atoms with Crippen LogP contribution in [0.15, 0.2) is 46.9 Å². The molecule has 25 heavy (non-hydrogen) atoms. The van der Waals surface area contributed by atoms with E-state index in [0.717, 1.165) is 6.92 Å². The summed E-state index contributed by atoms with van der Waals surface area (Å²) in [6.07, 6.45) is 0. The van der Waals surface area contributed by atoms with E-state index in [1.807, 2.05) is 0 Å². The third-order valence-corrected chi connectivity index (χ3v) is 3.31. The summed E-state index contributed by atoms with van der Waals surface area (Å²) in [5.74, 6) is -3.92. The standard InChI is InChI=1S/C17H16N2O6/c1-8(18-11-5-4-6-12(7-11)19-10(3)21)13-15(22)14(9(2)20)17(24)25-16(13)23/h4-7,18,22H,1-3H3,(H,19,21)/b13-8-. The molecule has 3 N–H and O–H groups in total. The van der Waals surface area contributed by atoms with E-state index in [4.69, 9.17) is 0 Å². The largest absolute Gasteiger partial charge is 0.506 e. The molecular weight excluding hydrogens is 328 g/mol. The van der Waals surface area contributed by atoms with Gasteiger partial charge in [0, 0.05) is 24.0 Å². The number of benzene rings is 1. The highest BCUT2D eigenvalue weighted by Gasteiger charge is 2.36. The summed E-state index contributed by atoms with van der Waals surface area (Å²) in [6, 6.07) is 6.62. The number of anilines is 2. The number of nitrogens with one attached hydrogen (secondary N) is 2. The van der Waals surface area contributed by atoms with Crippen LogP contribution in [-0.2, 0) is 23.9 Å². The fourth-order valence-electron chi connectivity index (χ4n) is 2.30. The predicted molar refractivity (Wildman–Crippen MR) is 88.5 cm³/mol. The Bertz CT molecular complexity index is 850. The van der Waals surface area contributed by atoms with Crippen LogP contribution in [0.5, 0.6) is 0 Å². The molecule has 1 aliphatic heterocycles. The number of rotatable bonds is 4. The van der Waals surface area contributed by atoms with E-state index in [-0.39, 0.29) is 17.2 Å². The van der Waals surface area contributed by atoms with Gasteiger partial charge in [0.1, 0.15) is 16.9 Å². The first kappa shape index (κ1) is 17.9. The lowest BCUT2D eigenvalue weighted by molar-refractivity contribution is -0.155. The zero-order valence-electron chi connectivity index (χ0n) is 13.8. The molecule has 0 aliphatic carbocycles. The lowest BCUT2D eigenvalue weighted by Crippen LogP contribution is -2.29. The van der Waals surface area contributed by atoms with Gasteiger partial charge < -0.3 is 20.5 Å². The minimum atomic E-state index is -1.18. The number of amides is 1. The Kier molecular flexibility index (Phi) is 5.02. The molecule has 0 spiro atoms. The maximum atomic E-state index is 11.9. The van der Waals surface area contributed by atoms with Gasteiger partial charge in [0.25, 0.3) is 0 Å². The minimum absolute atomic E-state index is 0.175. The molecule has 2 rings (SSSR count). The number of cyclic esters (lactones) is 2. The molecule has 0 unspecified atom stereocenters. The summed E-state index contributed by atoms with van der Waals surface area (Å²) >= 11 is 0. The molecule has 8 heteroatoms. The van der Waals surface area contributed by atoms with Crippen molar-refractivity contribution >= 4 is 35.0 Å². The number of carbonyl (C=O) groups excluding carboxylic acids is 4. The number of aliphatic hydroxyl groups excluding tert-OH is 1. The molecule has 0 saturated heterocycles. The fourth-order valence-corrected chi connectivity index (χ4v) is 2.30. The molecule has 0 bridgehead atoms. The SMILES string of the molecule is CC(=O)Nc1cccc(N/C(C)=C2\C(=O)OC(=O)C(C(C)=O)=C2O)c1. The quantitative estimate of drug-likeness (QED) is 0.329. The number of carbonyl (C=O) groups is 4. The van der Waals surface area contributed by atoms with Crippen LogP contribution in [0.1, 0.15) is 20.8 Å². The summed E-state index contributed by atoms with van der Waals surface area (Å²) in [6.45, 7) is 3.93. The summed E-state index contributed by atoms with van der Waals surface area (Å²) < 4.78 is 4.51. The first-order valence-electron chi connectivity index (χ1n) is 7.27. The average molecular weight is 344 g/mol. The third-order valence-electron chi connectivity index (χ3n) is 3.31. The second-order valence-electron chi connectivity index (χ2n) is 5.34. The Balaban J connectivity index is 2.42. The number of ketones is 1. The van der Waals surface area contributed by atoms with Crippen LogP contribution in [0.3, 0.4) is 0 Å². The normalized spacial score (nSPS) is 16.3. The van der Waals surface area contributed by atoms with Gasteiger partial charge in [-0.05, 0) is 32.0 Å². The van der Waals surface area contributed by atoms with Gasteiger partial charge in [0.15, 0.2) is 5.78 Å². The van der Waals surface area contributed by atoms with Crippen LogP contribution in [0, 0.1) is 0 Å². The van der Waals surface area contributed by atoms with Crippen LogP contribution < -0.4 is 10.6 Å². The van der Waals surface area contributed by atoms with E-state index in [1.54, 1.807) is 24.3 Å². The van der Waals surface area contributed by atoms with Crippen molar-refractivity contribution in [2.24, 2.45) is 0 Å². The predicted octanol–water partition coefficient (Wildman–Crippen LogP) is 1.82. The Hall–Kier alpha value is -3.42. The molecule has 0 atom stereocenters. The first-order chi connectivity index (χ1) is 11.7. The zero-order chi connectivity index (χ0) is 18.7. The average Bonchev–Trinajstić information content (AvgIpc) is 2.45. The monoisotopic (exact) mass is 344 g/mol. The van der Waals surface area contributed by atoms with Crippen molar-refractivity contribution < 1.29 is 29.0 Å². The van der Waals surface area contributed by atoms with Gasteiger partial charge in [-0.1, -0.05) is 6.07 Å². The van der Waals surface area contributed by atoms with Crippen LogP contribution in [0.4, 0.5) is 11.4 Å². The second kappa shape index (κ2) is 7.00. The van der Waals surface area contributed by atoms with Gasteiger partial charge in [-0.15, -0.1) is 0 Å². The number of Topliss-reactive ketones (excluding diaryl/α,β-unsaturated/α-hetero) is 1. The Morgan fingerprint density at radius 3 is 2.16 bits per heavy atom. The van der Waals surface area contributed by atoms with Crippen molar-refractivity contribution in [2.75, 3.05) is 10.6 Å². The van der Waals surface area contributed by atoms with E-state index < -0.39 is 29.1 Å². The molecule has 0 saturated carbocycles.